The van der Waals surface area contributed by atoms with Crippen LogP contribution in [0.2, 0.25) is 0 Å². The largest absolute Gasteiger partial charge is 0.483 e. The molecule has 0 spiro atoms. The molecule has 0 radical (unpaired) electrons. The van der Waals surface area contributed by atoms with Crippen LogP contribution in [0.25, 0.3) is 0 Å². The first-order valence-electron chi connectivity index (χ1n) is 9.08. The number of Topliss-reactive ketones (excluding diaryl/α,β-unsaturated/α-hetero) is 1. The Balaban J connectivity index is 1.66. The second-order valence-corrected chi connectivity index (χ2v) is 6.39. The fraction of sp³-hybridized carbons (Fsp3) is 0.167. The maximum absolute atomic E-state index is 12.5. The maximum atomic E-state index is 12.5. The van der Waals surface area contributed by atoms with Gasteiger partial charge in [-0.3, -0.25) is 9.59 Å². The molecule has 0 unspecified atom stereocenters. The topological polar surface area (TPSA) is 43.4 Å². The third-order valence-electron chi connectivity index (χ3n) is 4.48. The molecule has 0 N–H and O–H groups in total. The summed E-state index contributed by atoms with van der Waals surface area (Å²) in [7, 11) is 0. The summed E-state index contributed by atoms with van der Waals surface area (Å²) >= 11 is 0. The number of aryl methyl sites for hydroxylation is 1. The summed E-state index contributed by atoms with van der Waals surface area (Å²) in [6.07, 6.45) is 0.335. The third kappa shape index (κ3) is 4.50. The summed E-state index contributed by atoms with van der Waals surface area (Å²) in [6, 6.07) is 23.6. The average molecular weight is 358 g/mol. The number of hydrogen-bond donors (Lipinski definition) is 0. The van der Waals surface area contributed by atoms with Crippen molar-refractivity contribution < 1.29 is 14.3 Å². The molecule has 0 aromatic heterocycles. The first-order chi connectivity index (χ1) is 13.1. The van der Waals surface area contributed by atoms with Crippen molar-refractivity contribution in [2.45, 2.75) is 26.4 Å². The number of carbonyl (C=O) groups is 2. The highest BCUT2D eigenvalue weighted by atomic mass is 16.5. The predicted octanol–water partition coefficient (Wildman–Crippen LogP) is 5.13. The Morgan fingerprint density at radius 3 is 1.93 bits per heavy atom. The summed E-state index contributed by atoms with van der Waals surface area (Å²) < 4.78 is 5.77. The van der Waals surface area contributed by atoms with Gasteiger partial charge in [0.2, 0.25) is 5.78 Å². The SMILES string of the molecule is CCc1ccc(C(=O)[C@H](C)Oc2ccc(C(=O)c3ccccc3)cc2)cc1. The molecule has 0 saturated carbocycles. The molecule has 0 amide bonds. The minimum absolute atomic E-state index is 0.0395. The highest BCUT2D eigenvalue weighted by Gasteiger charge is 2.17. The fourth-order valence-electron chi connectivity index (χ4n) is 2.84. The summed E-state index contributed by atoms with van der Waals surface area (Å²) in [6.45, 7) is 3.81. The van der Waals surface area contributed by atoms with E-state index in [1.54, 1.807) is 43.3 Å². The Hall–Kier alpha value is -3.20. The molecule has 1 atom stereocenters. The molecule has 3 aromatic carbocycles. The minimum atomic E-state index is -0.604. The lowest BCUT2D eigenvalue weighted by Gasteiger charge is -2.14. The van der Waals surface area contributed by atoms with Crippen LogP contribution in [0.1, 0.15) is 45.7 Å². The maximum Gasteiger partial charge on any atom is 0.202 e. The van der Waals surface area contributed by atoms with Crippen LogP contribution in [-0.4, -0.2) is 17.7 Å². The first kappa shape index (κ1) is 18.6. The number of carbonyl (C=O) groups excluding carboxylic acids is 2. The van der Waals surface area contributed by atoms with Crippen molar-refractivity contribution in [1.82, 2.24) is 0 Å². The number of rotatable bonds is 7. The normalized spacial score (nSPS) is 11.6. The van der Waals surface area contributed by atoms with Gasteiger partial charge in [-0.25, -0.2) is 0 Å². The predicted molar refractivity (Wildman–Crippen MR) is 107 cm³/mol. The van der Waals surface area contributed by atoms with E-state index in [1.165, 1.54) is 5.56 Å². The van der Waals surface area contributed by atoms with Crippen LogP contribution >= 0.6 is 0 Å². The molecule has 0 aliphatic carbocycles. The van der Waals surface area contributed by atoms with Crippen LogP contribution in [0.15, 0.2) is 78.9 Å². The standard InChI is InChI=1S/C24H22O3/c1-3-18-9-11-20(12-10-18)23(25)17(2)27-22-15-13-21(14-16-22)24(26)19-7-5-4-6-8-19/h4-17H,3H2,1-2H3/t17-/m0/s1. The summed E-state index contributed by atoms with van der Waals surface area (Å²) in [5.41, 5.74) is 3.06. The van der Waals surface area contributed by atoms with Crippen LogP contribution < -0.4 is 4.74 Å². The van der Waals surface area contributed by atoms with Gasteiger partial charge >= 0.3 is 0 Å². The Kier molecular flexibility index (Phi) is 5.82. The Morgan fingerprint density at radius 1 is 0.778 bits per heavy atom. The lowest BCUT2D eigenvalue weighted by Crippen LogP contribution is -2.23. The molecule has 27 heavy (non-hydrogen) atoms. The van der Waals surface area contributed by atoms with Crippen molar-refractivity contribution in [1.29, 1.82) is 0 Å². The highest BCUT2D eigenvalue weighted by molar-refractivity contribution is 6.09. The second kappa shape index (κ2) is 8.45. The minimum Gasteiger partial charge on any atom is -0.483 e. The van der Waals surface area contributed by atoms with E-state index in [-0.39, 0.29) is 11.6 Å². The van der Waals surface area contributed by atoms with E-state index in [1.807, 2.05) is 42.5 Å². The molecule has 0 bridgehead atoms. The monoisotopic (exact) mass is 358 g/mol. The van der Waals surface area contributed by atoms with Gasteiger partial charge in [-0.05, 0) is 43.2 Å². The molecule has 3 nitrogen and oxygen atoms in total. The zero-order chi connectivity index (χ0) is 19.2. The summed E-state index contributed by atoms with van der Waals surface area (Å²) in [5, 5.41) is 0. The van der Waals surface area contributed by atoms with E-state index in [2.05, 4.69) is 6.92 Å². The Labute approximate surface area is 159 Å². The molecule has 3 heteroatoms. The van der Waals surface area contributed by atoms with E-state index in [0.717, 1.165) is 6.42 Å². The van der Waals surface area contributed by atoms with Crippen LogP contribution in [0.3, 0.4) is 0 Å². The molecule has 0 heterocycles. The molecular formula is C24H22O3. The molecule has 136 valence electrons. The van der Waals surface area contributed by atoms with Crippen molar-refractivity contribution in [2.75, 3.05) is 0 Å². The number of benzene rings is 3. The van der Waals surface area contributed by atoms with E-state index >= 15 is 0 Å². The number of ketones is 2. The van der Waals surface area contributed by atoms with E-state index < -0.39 is 6.10 Å². The molecule has 3 rings (SSSR count). The van der Waals surface area contributed by atoms with Crippen molar-refractivity contribution in [3.05, 3.63) is 101 Å². The van der Waals surface area contributed by atoms with Crippen molar-refractivity contribution >= 4 is 11.6 Å². The molecule has 0 saturated heterocycles. The van der Waals surface area contributed by atoms with Gasteiger partial charge in [-0.1, -0.05) is 61.5 Å². The van der Waals surface area contributed by atoms with Gasteiger partial charge in [0.25, 0.3) is 0 Å². The second-order valence-electron chi connectivity index (χ2n) is 6.39. The Morgan fingerprint density at radius 2 is 1.33 bits per heavy atom. The molecule has 0 aliphatic heterocycles. The smallest absolute Gasteiger partial charge is 0.202 e. The van der Waals surface area contributed by atoms with Gasteiger partial charge in [0.1, 0.15) is 5.75 Å². The van der Waals surface area contributed by atoms with Gasteiger partial charge in [0.15, 0.2) is 11.9 Å². The van der Waals surface area contributed by atoms with E-state index in [9.17, 15) is 9.59 Å². The highest BCUT2D eigenvalue weighted by Crippen LogP contribution is 2.18. The van der Waals surface area contributed by atoms with Gasteiger partial charge < -0.3 is 4.74 Å². The van der Waals surface area contributed by atoms with Crippen LogP contribution in [-0.2, 0) is 6.42 Å². The Bertz CT molecular complexity index is 910. The molecular weight excluding hydrogens is 336 g/mol. The van der Waals surface area contributed by atoms with Gasteiger partial charge in [0.05, 0.1) is 0 Å². The van der Waals surface area contributed by atoms with Crippen LogP contribution in [0, 0.1) is 0 Å². The van der Waals surface area contributed by atoms with Crippen molar-refractivity contribution in [3.63, 3.8) is 0 Å². The van der Waals surface area contributed by atoms with E-state index in [4.69, 9.17) is 4.74 Å². The molecule has 0 fully saturated rings. The zero-order valence-corrected chi connectivity index (χ0v) is 15.5. The van der Waals surface area contributed by atoms with Gasteiger partial charge in [0, 0.05) is 16.7 Å². The molecule has 3 aromatic rings. The average Bonchev–Trinajstić information content (AvgIpc) is 2.74. The van der Waals surface area contributed by atoms with Crippen molar-refractivity contribution in [2.24, 2.45) is 0 Å². The summed E-state index contributed by atoms with van der Waals surface area (Å²) in [5.74, 6) is 0.454. The fourth-order valence-corrected chi connectivity index (χ4v) is 2.84. The lowest BCUT2D eigenvalue weighted by atomic mass is 10.0. The quantitative estimate of drug-likeness (QED) is 0.550. The van der Waals surface area contributed by atoms with Gasteiger partial charge in [-0.2, -0.15) is 0 Å². The zero-order valence-electron chi connectivity index (χ0n) is 15.5. The number of ether oxygens (including phenoxy) is 1. The van der Waals surface area contributed by atoms with Crippen LogP contribution in [0.5, 0.6) is 5.75 Å². The summed E-state index contributed by atoms with van der Waals surface area (Å²) in [4.78, 5) is 25.0. The van der Waals surface area contributed by atoms with Gasteiger partial charge in [-0.15, -0.1) is 0 Å². The first-order valence-corrected chi connectivity index (χ1v) is 9.08. The lowest BCUT2D eigenvalue weighted by molar-refractivity contribution is 0.0817. The van der Waals surface area contributed by atoms with Crippen molar-refractivity contribution in [3.8, 4) is 5.75 Å². The van der Waals surface area contributed by atoms with E-state index in [0.29, 0.717) is 22.4 Å². The van der Waals surface area contributed by atoms with Crippen LogP contribution in [0.4, 0.5) is 0 Å². The molecule has 0 aliphatic rings. The number of hydrogen-bond acceptors (Lipinski definition) is 3. The third-order valence-corrected chi connectivity index (χ3v) is 4.48.